The Morgan fingerprint density at radius 2 is 1.88 bits per heavy atom. The summed E-state index contributed by atoms with van der Waals surface area (Å²) in [6, 6.07) is 8.46. The number of rotatable bonds is 4. The van der Waals surface area contributed by atoms with E-state index in [1.165, 1.54) is 31.5 Å². The zero-order chi connectivity index (χ0) is 23.9. The number of ketones is 1. The highest BCUT2D eigenvalue weighted by molar-refractivity contribution is 6.51. The van der Waals surface area contributed by atoms with Gasteiger partial charge in [0.25, 0.3) is 11.7 Å². The highest BCUT2D eigenvalue weighted by Gasteiger charge is 2.48. The molecule has 168 valence electrons. The summed E-state index contributed by atoms with van der Waals surface area (Å²) in [6.07, 6.45) is 1.40. The summed E-state index contributed by atoms with van der Waals surface area (Å²) in [4.78, 5) is 31.0. The zero-order valence-electron chi connectivity index (χ0n) is 16.9. The van der Waals surface area contributed by atoms with Crippen LogP contribution < -0.4 is 9.64 Å². The number of benzene rings is 2. The minimum absolute atomic E-state index is 0.00136. The van der Waals surface area contributed by atoms with Gasteiger partial charge in [0, 0.05) is 17.3 Å². The molecule has 1 aromatic heterocycles. The molecular weight excluding hydrogens is 477 g/mol. The number of amides is 1. The van der Waals surface area contributed by atoms with Crippen molar-refractivity contribution in [2.24, 2.45) is 0 Å². The third-order valence-corrected chi connectivity index (χ3v) is 5.55. The number of nitrogens with zero attached hydrogens (tertiary/aromatic N) is 2. The van der Waals surface area contributed by atoms with E-state index in [4.69, 9.17) is 27.9 Å². The monoisotopic (exact) mass is 490 g/mol. The number of carbonyl (C=O) groups excluding carboxylic acids is 2. The minimum atomic E-state index is -1.37. The van der Waals surface area contributed by atoms with Crippen molar-refractivity contribution in [3.05, 3.63) is 93.2 Å². The molecule has 1 saturated heterocycles. The van der Waals surface area contributed by atoms with Crippen LogP contribution >= 0.6 is 23.2 Å². The van der Waals surface area contributed by atoms with Crippen molar-refractivity contribution in [2.75, 3.05) is 12.0 Å². The molecule has 1 aliphatic rings. The third-order valence-electron chi connectivity index (χ3n) is 5.05. The van der Waals surface area contributed by atoms with Gasteiger partial charge in [0.15, 0.2) is 0 Å². The lowest BCUT2D eigenvalue weighted by atomic mass is 9.97. The molecule has 10 heteroatoms. The van der Waals surface area contributed by atoms with Crippen LogP contribution in [-0.4, -0.2) is 28.9 Å². The van der Waals surface area contributed by atoms with Crippen LogP contribution in [0.3, 0.4) is 0 Å². The van der Waals surface area contributed by atoms with E-state index in [0.717, 1.165) is 23.1 Å². The molecule has 0 radical (unpaired) electrons. The third kappa shape index (κ3) is 3.92. The van der Waals surface area contributed by atoms with Gasteiger partial charge in [0.1, 0.15) is 29.2 Å². The van der Waals surface area contributed by atoms with Crippen LogP contribution in [0.15, 0.2) is 60.3 Å². The van der Waals surface area contributed by atoms with Gasteiger partial charge >= 0.3 is 0 Å². The van der Waals surface area contributed by atoms with E-state index in [9.17, 15) is 23.5 Å². The number of hydrogen-bond acceptors (Lipinski definition) is 5. The maximum Gasteiger partial charge on any atom is 0.300 e. The maximum absolute atomic E-state index is 14.7. The average Bonchev–Trinajstić information content (AvgIpc) is 3.05. The smallest absolute Gasteiger partial charge is 0.300 e. The Balaban J connectivity index is 2.03. The summed E-state index contributed by atoms with van der Waals surface area (Å²) < 4.78 is 33.9. The standard InChI is InChI=1S/C23H14Cl2F2N2O4/c1-33-22-13(8-11(24)9-14(22)25)20(30)18-19(16-4-2-3-7-28-16)29(23(32)21(18)31)17-10-12(26)5-6-15(17)27/h2-10,19,30H,1H3/b20-18+. The Hall–Kier alpha value is -3.49. The summed E-state index contributed by atoms with van der Waals surface area (Å²) in [5.74, 6) is -4.74. The van der Waals surface area contributed by atoms with Gasteiger partial charge in [0.05, 0.1) is 34.7 Å². The molecule has 0 bridgehead atoms. The first kappa shape index (κ1) is 22.7. The first-order chi connectivity index (χ1) is 15.7. The van der Waals surface area contributed by atoms with Gasteiger partial charge < -0.3 is 9.84 Å². The fourth-order valence-corrected chi connectivity index (χ4v) is 4.23. The number of aromatic nitrogens is 1. The number of carbonyl (C=O) groups is 2. The molecule has 1 amide bonds. The summed E-state index contributed by atoms with van der Waals surface area (Å²) in [6.45, 7) is 0. The summed E-state index contributed by atoms with van der Waals surface area (Å²) in [7, 11) is 1.29. The number of halogens is 4. The molecule has 1 aliphatic heterocycles. The first-order valence-electron chi connectivity index (χ1n) is 9.45. The molecule has 33 heavy (non-hydrogen) atoms. The van der Waals surface area contributed by atoms with E-state index in [1.54, 1.807) is 12.1 Å². The van der Waals surface area contributed by atoms with Gasteiger partial charge in [0.2, 0.25) is 0 Å². The van der Waals surface area contributed by atoms with Crippen molar-refractivity contribution in [2.45, 2.75) is 6.04 Å². The lowest BCUT2D eigenvalue weighted by Gasteiger charge is -2.25. The van der Waals surface area contributed by atoms with Crippen LogP contribution in [-0.2, 0) is 9.59 Å². The predicted octanol–water partition coefficient (Wildman–Crippen LogP) is 5.30. The molecule has 2 aromatic carbocycles. The van der Waals surface area contributed by atoms with Crippen molar-refractivity contribution in [1.82, 2.24) is 4.98 Å². The maximum atomic E-state index is 14.7. The van der Waals surface area contributed by atoms with Crippen LogP contribution in [0, 0.1) is 11.6 Å². The van der Waals surface area contributed by atoms with Crippen LogP contribution in [0.4, 0.5) is 14.5 Å². The largest absolute Gasteiger partial charge is 0.507 e. The lowest BCUT2D eigenvalue weighted by molar-refractivity contribution is -0.132. The minimum Gasteiger partial charge on any atom is -0.507 e. The van der Waals surface area contributed by atoms with Gasteiger partial charge in [-0.25, -0.2) is 8.78 Å². The SMILES string of the molecule is COc1c(Cl)cc(Cl)cc1/C(O)=C1\C(=O)C(=O)N(c2cc(F)ccc2F)C1c1ccccn1. The van der Waals surface area contributed by atoms with Crippen LogP contribution in [0.25, 0.3) is 5.76 Å². The van der Waals surface area contributed by atoms with E-state index in [0.29, 0.717) is 0 Å². The number of aliphatic hydroxyl groups is 1. The zero-order valence-corrected chi connectivity index (χ0v) is 18.4. The van der Waals surface area contributed by atoms with Crippen molar-refractivity contribution in [3.8, 4) is 5.75 Å². The number of aliphatic hydroxyl groups excluding tert-OH is 1. The first-order valence-corrected chi connectivity index (χ1v) is 10.2. The van der Waals surface area contributed by atoms with E-state index in [1.807, 2.05) is 0 Å². The number of methoxy groups -OCH3 is 1. The predicted molar refractivity (Wildman–Crippen MR) is 118 cm³/mol. The topological polar surface area (TPSA) is 79.7 Å². The number of hydrogen-bond donors (Lipinski definition) is 1. The molecule has 0 aliphatic carbocycles. The van der Waals surface area contributed by atoms with Crippen LogP contribution in [0.5, 0.6) is 5.75 Å². The quantitative estimate of drug-likeness (QED) is 0.305. The molecule has 3 aromatic rings. The molecule has 4 rings (SSSR count). The van der Waals surface area contributed by atoms with Crippen molar-refractivity contribution >= 4 is 46.3 Å². The summed E-state index contributed by atoms with van der Waals surface area (Å²) in [5.41, 5.74) is -0.829. The molecular formula is C23H14Cl2F2N2O4. The number of ether oxygens (including phenoxy) is 1. The van der Waals surface area contributed by atoms with Gasteiger partial charge in [-0.1, -0.05) is 29.3 Å². The molecule has 1 fully saturated rings. The second-order valence-corrected chi connectivity index (χ2v) is 7.83. The normalized spacial score (nSPS) is 17.5. The highest BCUT2D eigenvalue weighted by atomic mass is 35.5. The van der Waals surface area contributed by atoms with Gasteiger partial charge in [-0.2, -0.15) is 0 Å². The van der Waals surface area contributed by atoms with Gasteiger partial charge in [-0.3, -0.25) is 19.5 Å². The van der Waals surface area contributed by atoms with E-state index >= 15 is 0 Å². The molecule has 6 nitrogen and oxygen atoms in total. The van der Waals surface area contributed by atoms with E-state index in [-0.39, 0.29) is 27.1 Å². The van der Waals surface area contributed by atoms with Crippen molar-refractivity contribution in [3.63, 3.8) is 0 Å². The molecule has 1 atom stereocenters. The Morgan fingerprint density at radius 1 is 1.12 bits per heavy atom. The lowest BCUT2D eigenvalue weighted by Crippen LogP contribution is -2.30. The van der Waals surface area contributed by atoms with Crippen molar-refractivity contribution < 1.29 is 28.2 Å². The second kappa shape index (κ2) is 8.80. The summed E-state index contributed by atoms with van der Waals surface area (Å²) in [5, 5.41) is 11.4. The Labute approximate surface area is 196 Å². The van der Waals surface area contributed by atoms with Gasteiger partial charge in [-0.15, -0.1) is 0 Å². The molecule has 0 saturated carbocycles. The second-order valence-electron chi connectivity index (χ2n) is 6.99. The fraction of sp³-hybridized carbons (Fsp3) is 0.0870. The van der Waals surface area contributed by atoms with Crippen LogP contribution in [0.2, 0.25) is 10.0 Å². The average molecular weight is 491 g/mol. The molecule has 1 N–H and O–H groups in total. The Kier molecular flexibility index (Phi) is 6.05. The summed E-state index contributed by atoms with van der Waals surface area (Å²) >= 11 is 12.2. The number of Topliss-reactive ketones (excluding diaryl/α,β-unsaturated/α-hetero) is 1. The highest BCUT2D eigenvalue weighted by Crippen LogP contribution is 2.45. The number of pyridine rings is 1. The van der Waals surface area contributed by atoms with E-state index in [2.05, 4.69) is 4.98 Å². The van der Waals surface area contributed by atoms with Crippen LogP contribution in [0.1, 0.15) is 17.3 Å². The van der Waals surface area contributed by atoms with Gasteiger partial charge in [-0.05, 0) is 36.4 Å². The Morgan fingerprint density at radius 3 is 2.55 bits per heavy atom. The Bertz CT molecular complexity index is 1320. The van der Waals surface area contributed by atoms with Crippen molar-refractivity contribution in [1.29, 1.82) is 0 Å². The number of anilines is 1. The molecule has 1 unspecified atom stereocenters. The fourth-order valence-electron chi connectivity index (χ4n) is 3.66. The molecule has 2 heterocycles. The molecule has 0 spiro atoms. The van der Waals surface area contributed by atoms with E-state index < -0.39 is 46.4 Å².